The molecule has 2 aliphatic carbocycles. The second kappa shape index (κ2) is 7.97. The minimum atomic E-state index is -4.60. The molecular formula is C26H29O3S-. The maximum absolute atomic E-state index is 12.5. The maximum Gasteiger partial charge on any atom is 0.125 e. The third-order valence-corrected chi connectivity index (χ3v) is 8.30. The van der Waals surface area contributed by atoms with Gasteiger partial charge in [0.2, 0.25) is 0 Å². The Hall–Kier alpha value is -1.91. The molecule has 5 rings (SSSR count). The lowest BCUT2D eigenvalue weighted by Crippen LogP contribution is -2.07. The van der Waals surface area contributed by atoms with Gasteiger partial charge in [-0.05, 0) is 77.6 Å². The number of rotatable bonds is 3. The van der Waals surface area contributed by atoms with Crippen LogP contribution in [0, 0.1) is 0 Å². The summed E-state index contributed by atoms with van der Waals surface area (Å²) in [7, 11) is -4.60. The van der Waals surface area contributed by atoms with Crippen LogP contribution in [0.25, 0.3) is 21.5 Å². The predicted molar refractivity (Wildman–Crippen MR) is 121 cm³/mol. The minimum Gasteiger partial charge on any atom is -0.744 e. The van der Waals surface area contributed by atoms with Gasteiger partial charge >= 0.3 is 0 Å². The van der Waals surface area contributed by atoms with Crippen LogP contribution in [-0.4, -0.2) is 13.0 Å². The normalized spacial score (nSPS) is 19.5. The highest BCUT2D eigenvalue weighted by atomic mass is 32.2. The van der Waals surface area contributed by atoms with Crippen molar-refractivity contribution in [2.45, 2.75) is 80.9 Å². The number of hydrogen-bond acceptors (Lipinski definition) is 3. The Morgan fingerprint density at radius 2 is 1.07 bits per heavy atom. The van der Waals surface area contributed by atoms with Crippen LogP contribution >= 0.6 is 0 Å². The van der Waals surface area contributed by atoms with Gasteiger partial charge in [-0.1, -0.05) is 62.8 Å². The van der Waals surface area contributed by atoms with E-state index in [2.05, 4.69) is 12.1 Å². The third-order valence-electron chi connectivity index (χ3n) is 7.36. The van der Waals surface area contributed by atoms with Crippen molar-refractivity contribution in [2.24, 2.45) is 0 Å². The summed E-state index contributed by atoms with van der Waals surface area (Å²) in [6, 6.07) is 14.3. The summed E-state index contributed by atoms with van der Waals surface area (Å²) >= 11 is 0. The molecule has 0 aromatic heterocycles. The molecule has 4 heteroatoms. The molecule has 0 bridgehead atoms. The van der Waals surface area contributed by atoms with E-state index in [4.69, 9.17) is 0 Å². The predicted octanol–water partition coefficient (Wildman–Crippen LogP) is 6.99. The summed E-state index contributed by atoms with van der Waals surface area (Å²) in [5.74, 6) is 0.934. The topological polar surface area (TPSA) is 57.2 Å². The lowest BCUT2D eigenvalue weighted by molar-refractivity contribution is 0.443. The Kier molecular flexibility index (Phi) is 5.32. The molecule has 0 radical (unpaired) electrons. The molecule has 0 spiro atoms. The second-order valence-corrected chi connectivity index (χ2v) is 10.6. The zero-order valence-corrected chi connectivity index (χ0v) is 18.2. The average molecular weight is 422 g/mol. The van der Waals surface area contributed by atoms with Crippen molar-refractivity contribution in [3.63, 3.8) is 0 Å². The van der Waals surface area contributed by atoms with Gasteiger partial charge in [-0.15, -0.1) is 0 Å². The molecule has 2 aliphatic rings. The third kappa shape index (κ3) is 3.76. The van der Waals surface area contributed by atoms with Crippen molar-refractivity contribution in [3.8, 4) is 0 Å². The quantitative estimate of drug-likeness (QED) is 0.338. The SMILES string of the molecule is O=S(=O)([O-])c1c2cc(C3CCCCC3)ccc2cc2ccc(C3CCCCC3)cc12. The van der Waals surface area contributed by atoms with Crippen LogP contribution in [0.15, 0.2) is 47.4 Å². The van der Waals surface area contributed by atoms with E-state index in [0.29, 0.717) is 22.6 Å². The first-order valence-corrected chi connectivity index (χ1v) is 12.9. The van der Waals surface area contributed by atoms with E-state index in [1.54, 1.807) is 0 Å². The maximum atomic E-state index is 12.5. The molecule has 0 saturated heterocycles. The first-order chi connectivity index (χ1) is 14.5. The summed E-state index contributed by atoms with van der Waals surface area (Å²) < 4.78 is 37.4. The van der Waals surface area contributed by atoms with Crippen molar-refractivity contribution in [3.05, 3.63) is 53.6 Å². The smallest absolute Gasteiger partial charge is 0.125 e. The molecule has 2 fully saturated rings. The summed E-state index contributed by atoms with van der Waals surface area (Å²) in [5, 5.41) is 2.87. The summed E-state index contributed by atoms with van der Waals surface area (Å²) in [5.41, 5.74) is 2.35. The van der Waals surface area contributed by atoms with Crippen LogP contribution < -0.4 is 0 Å². The molecule has 0 heterocycles. The summed E-state index contributed by atoms with van der Waals surface area (Å²) in [6.45, 7) is 0. The van der Waals surface area contributed by atoms with Gasteiger partial charge in [0.25, 0.3) is 0 Å². The molecule has 158 valence electrons. The Morgan fingerprint density at radius 1 is 0.633 bits per heavy atom. The average Bonchev–Trinajstić information content (AvgIpc) is 2.77. The highest BCUT2D eigenvalue weighted by Crippen LogP contribution is 2.40. The Labute approximate surface area is 179 Å². The van der Waals surface area contributed by atoms with Gasteiger partial charge in [0.1, 0.15) is 10.1 Å². The van der Waals surface area contributed by atoms with Crippen LogP contribution in [-0.2, 0) is 10.1 Å². The zero-order valence-electron chi connectivity index (χ0n) is 17.4. The van der Waals surface area contributed by atoms with Gasteiger partial charge in [-0.25, -0.2) is 8.42 Å². The van der Waals surface area contributed by atoms with Crippen LogP contribution in [0.2, 0.25) is 0 Å². The molecule has 3 aromatic carbocycles. The van der Waals surface area contributed by atoms with Crippen molar-refractivity contribution >= 4 is 31.7 Å². The standard InChI is InChI=1S/C26H30O3S/c27-30(28,29)26-24-16-20(18-7-3-1-4-8-18)11-13-22(24)15-23-14-12-21(17-25(23)26)19-9-5-2-6-10-19/h11-19H,1-10H2,(H,27,28,29)/p-1. The fourth-order valence-corrected chi connectivity index (χ4v) is 6.65. The Balaban J connectivity index is 1.72. The molecule has 0 unspecified atom stereocenters. The molecule has 0 atom stereocenters. The highest BCUT2D eigenvalue weighted by molar-refractivity contribution is 7.86. The summed E-state index contributed by atoms with van der Waals surface area (Å²) in [4.78, 5) is -0.0229. The van der Waals surface area contributed by atoms with Gasteiger partial charge in [0.05, 0.1) is 4.90 Å². The molecule has 3 nitrogen and oxygen atoms in total. The van der Waals surface area contributed by atoms with E-state index >= 15 is 0 Å². The molecule has 3 aromatic rings. The van der Waals surface area contributed by atoms with Gasteiger partial charge in [-0.3, -0.25) is 0 Å². The van der Waals surface area contributed by atoms with Gasteiger partial charge < -0.3 is 4.55 Å². The zero-order chi connectivity index (χ0) is 20.7. The van der Waals surface area contributed by atoms with E-state index < -0.39 is 10.1 Å². The lowest BCUT2D eigenvalue weighted by Gasteiger charge is -2.24. The highest BCUT2D eigenvalue weighted by Gasteiger charge is 2.21. The van der Waals surface area contributed by atoms with Crippen molar-refractivity contribution in [1.29, 1.82) is 0 Å². The van der Waals surface area contributed by atoms with Gasteiger partial charge in [-0.2, -0.15) is 0 Å². The van der Waals surface area contributed by atoms with E-state index in [-0.39, 0.29) is 4.90 Å². The van der Waals surface area contributed by atoms with Gasteiger partial charge in [0.15, 0.2) is 0 Å². The van der Waals surface area contributed by atoms with Crippen LogP contribution in [0.5, 0.6) is 0 Å². The van der Waals surface area contributed by atoms with Crippen LogP contribution in [0.1, 0.15) is 87.2 Å². The van der Waals surface area contributed by atoms with Crippen LogP contribution in [0.3, 0.4) is 0 Å². The van der Waals surface area contributed by atoms with Gasteiger partial charge in [0, 0.05) is 10.8 Å². The monoisotopic (exact) mass is 421 g/mol. The van der Waals surface area contributed by atoms with Crippen molar-refractivity contribution < 1.29 is 13.0 Å². The molecule has 2 saturated carbocycles. The number of fused-ring (bicyclic) bond motifs is 2. The first kappa shape index (κ1) is 20.0. The Bertz CT molecular complexity index is 1110. The first-order valence-electron chi connectivity index (χ1n) is 11.5. The van der Waals surface area contributed by atoms with E-state index in [1.165, 1.54) is 49.7 Å². The van der Waals surface area contributed by atoms with Crippen LogP contribution in [0.4, 0.5) is 0 Å². The fraction of sp³-hybridized carbons (Fsp3) is 0.462. The second-order valence-electron chi connectivity index (χ2n) is 9.29. The molecule has 0 N–H and O–H groups in total. The van der Waals surface area contributed by atoms with E-state index in [0.717, 1.165) is 36.5 Å². The number of benzene rings is 3. The molecule has 0 amide bonds. The molecule has 30 heavy (non-hydrogen) atoms. The Morgan fingerprint density at radius 3 is 1.47 bits per heavy atom. The van der Waals surface area contributed by atoms with Crippen molar-refractivity contribution in [1.82, 2.24) is 0 Å². The summed E-state index contributed by atoms with van der Waals surface area (Å²) in [6.07, 6.45) is 12.0. The lowest BCUT2D eigenvalue weighted by atomic mass is 9.82. The number of hydrogen-bond donors (Lipinski definition) is 0. The van der Waals surface area contributed by atoms with E-state index in [9.17, 15) is 13.0 Å². The minimum absolute atomic E-state index is 0.0229. The van der Waals surface area contributed by atoms with Crippen molar-refractivity contribution in [2.75, 3.05) is 0 Å². The molecular weight excluding hydrogens is 392 g/mol. The molecule has 0 aliphatic heterocycles. The largest absolute Gasteiger partial charge is 0.744 e. The fourth-order valence-electron chi connectivity index (χ4n) is 5.75. The van der Waals surface area contributed by atoms with E-state index in [1.807, 2.05) is 30.3 Å².